The first kappa shape index (κ1) is 17.1. The van der Waals surface area contributed by atoms with Crippen LogP contribution in [0, 0.1) is 0 Å². The number of hydrogen-bond acceptors (Lipinski definition) is 4. The van der Waals surface area contributed by atoms with Crippen molar-refractivity contribution in [3.05, 3.63) is 53.7 Å². The number of halogens is 3. The number of likely N-dealkylation sites (tertiary alicyclic amines) is 1. The molecule has 0 N–H and O–H groups in total. The smallest absolute Gasteiger partial charge is 0.416 e. The van der Waals surface area contributed by atoms with Crippen LogP contribution in [0.2, 0.25) is 0 Å². The number of rotatable bonds is 4. The average Bonchev–Trinajstić information content (AvgIpc) is 2.57. The molecule has 1 aliphatic heterocycles. The molecule has 1 aromatic heterocycles. The van der Waals surface area contributed by atoms with Gasteiger partial charge in [0.2, 0.25) is 5.88 Å². The van der Waals surface area contributed by atoms with Gasteiger partial charge in [-0.3, -0.25) is 4.79 Å². The summed E-state index contributed by atoms with van der Waals surface area (Å²) >= 11 is 0. The minimum Gasteiger partial charge on any atom is -0.497 e. The lowest BCUT2D eigenvalue weighted by Gasteiger charge is -2.38. The summed E-state index contributed by atoms with van der Waals surface area (Å²) in [6, 6.07) is 8.43. The quantitative estimate of drug-likeness (QED) is 0.849. The van der Waals surface area contributed by atoms with E-state index in [-0.39, 0.29) is 17.9 Å². The van der Waals surface area contributed by atoms with Crippen molar-refractivity contribution in [1.82, 2.24) is 9.88 Å². The van der Waals surface area contributed by atoms with E-state index in [1.807, 2.05) is 0 Å². The van der Waals surface area contributed by atoms with Gasteiger partial charge < -0.3 is 14.4 Å². The molecule has 1 aliphatic rings. The van der Waals surface area contributed by atoms with Crippen LogP contribution in [0.15, 0.2) is 42.6 Å². The highest BCUT2D eigenvalue weighted by atomic mass is 19.4. The van der Waals surface area contributed by atoms with Crippen LogP contribution in [0.3, 0.4) is 0 Å². The molecule has 0 saturated carbocycles. The van der Waals surface area contributed by atoms with Gasteiger partial charge in [-0.15, -0.1) is 0 Å². The molecule has 132 valence electrons. The highest BCUT2D eigenvalue weighted by molar-refractivity contribution is 5.94. The number of aromatic nitrogens is 1. The molecule has 2 heterocycles. The number of nitrogens with zero attached hydrogens (tertiary/aromatic N) is 2. The molecular formula is C17H15F3N2O3. The maximum Gasteiger partial charge on any atom is 0.416 e. The molecule has 1 fully saturated rings. The lowest BCUT2D eigenvalue weighted by molar-refractivity contribution is -0.137. The normalized spacial score (nSPS) is 14.8. The summed E-state index contributed by atoms with van der Waals surface area (Å²) in [7, 11) is 1.54. The number of carbonyl (C=O) groups is 1. The Morgan fingerprint density at radius 1 is 1.20 bits per heavy atom. The van der Waals surface area contributed by atoms with Crippen LogP contribution in [0.4, 0.5) is 13.2 Å². The summed E-state index contributed by atoms with van der Waals surface area (Å²) < 4.78 is 48.4. The number of carbonyl (C=O) groups excluding carboxylic acids is 1. The molecule has 3 rings (SSSR count). The number of hydrogen-bond donors (Lipinski definition) is 0. The molecule has 0 aliphatic carbocycles. The van der Waals surface area contributed by atoms with Crippen molar-refractivity contribution in [3.63, 3.8) is 0 Å². The second-order valence-electron chi connectivity index (χ2n) is 5.56. The van der Waals surface area contributed by atoms with Crippen molar-refractivity contribution >= 4 is 5.91 Å². The number of methoxy groups -OCH3 is 1. The summed E-state index contributed by atoms with van der Waals surface area (Å²) in [5.41, 5.74) is -0.306. The first-order chi connectivity index (χ1) is 11.9. The fourth-order valence-corrected chi connectivity index (χ4v) is 2.42. The van der Waals surface area contributed by atoms with E-state index in [9.17, 15) is 18.0 Å². The number of pyridine rings is 1. The maximum atomic E-state index is 12.7. The van der Waals surface area contributed by atoms with Gasteiger partial charge in [-0.2, -0.15) is 13.2 Å². The fraction of sp³-hybridized carbons (Fsp3) is 0.294. The van der Waals surface area contributed by atoms with E-state index in [4.69, 9.17) is 9.47 Å². The topological polar surface area (TPSA) is 51.7 Å². The van der Waals surface area contributed by atoms with Gasteiger partial charge in [0, 0.05) is 17.8 Å². The zero-order chi connectivity index (χ0) is 18.0. The van der Waals surface area contributed by atoms with Crippen LogP contribution in [0.1, 0.15) is 15.9 Å². The van der Waals surface area contributed by atoms with E-state index >= 15 is 0 Å². The summed E-state index contributed by atoms with van der Waals surface area (Å²) in [5.74, 6) is 0.382. The predicted octanol–water partition coefficient (Wildman–Crippen LogP) is 3.01. The molecule has 1 saturated heterocycles. The van der Waals surface area contributed by atoms with E-state index in [1.54, 1.807) is 29.2 Å². The van der Waals surface area contributed by atoms with E-state index < -0.39 is 11.7 Å². The van der Waals surface area contributed by atoms with Crippen LogP contribution < -0.4 is 9.47 Å². The Morgan fingerprint density at radius 2 is 1.88 bits per heavy atom. The predicted molar refractivity (Wildman–Crippen MR) is 82.6 cm³/mol. The average molecular weight is 352 g/mol. The molecule has 5 nitrogen and oxygen atoms in total. The molecular weight excluding hydrogens is 337 g/mol. The third-order valence-corrected chi connectivity index (χ3v) is 3.82. The van der Waals surface area contributed by atoms with Crippen molar-refractivity contribution in [2.75, 3.05) is 20.2 Å². The molecule has 25 heavy (non-hydrogen) atoms. The highest BCUT2D eigenvalue weighted by Gasteiger charge is 2.34. The molecule has 0 bridgehead atoms. The molecule has 0 atom stereocenters. The van der Waals surface area contributed by atoms with Crippen molar-refractivity contribution in [1.29, 1.82) is 0 Å². The van der Waals surface area contributed by atoms with Crippen LogP contribution in [0.25, 0.3) is 0 Å². The second kappa shape index (κ2) is 6.62. The number of ether oxygens (including phenoxy) is 2. The van der Waals surface area contributed by atoms with Gasteiger partial charge in [-0.1, -0.05) is 0 Å². The molecule has 0 spiro atoms. The van der Waals surface area contributed by atoms with Crippen LogP contribution in [-0.4, -0.2) is 42.1 Å². The minimum absolute atomic E-state index is 0.101. The van der Waals surface area contributed by atoms with Crippen molar-refractivity contribution < 1.29 is 27.4 Å². The number of benzene rings is 1. The zero-order valence-electron chi connectivity index (χ0n) is 13.3. The highest BCUT2D eigenvalue weighted by Crippen LogP contribution is 2.31. The van der Waals surface area contributed by atoms with Gasteiger partial charge in [0.05, 0.1) is 25.8 Å². The molecule has 1 aromatic carbocycles. The SMILES string of the molecule is COc1ccc(C(=O)N2CC(Oc3cc(C(F)(F)F)ccn3)C2)cc1. The van der Waals surface area contributed by atoms with Crippen molar-refractivity contribution in [3.8, 4) is 11.6 Å². The third kappa shape index (κ3) is 3.84. The van der Waals surface area contributed by atoms with Crippen molar-refractivity contribution in [2.24, 2.45) is 0 Å². The summed E-state index contributed by atoms with van der Waals surface area (Å²) in [6.07, 6.45) is -3.77. The Hall–Kier alpha value is -2.77. The molecule has 8 heteroatoms. The third-order valence-electron chi connectivity index (χ3n) is 3.82. The maximum absolute atomic E-state index is 12.7. The Balaban J connectivity index is 1.56. The van der Waals surface area contributed by atoms with Crippen molar-refractivity contribution in [2.45, 2.75) is 12.3 Å². The Bertz CT molecular complexity index is 756. The summed E-state index contributed by atoms with van der Waals surface area (Å²) in [4.78, 5) is 17.6. The zero-order valence-corrected chi connectivity index (χ0v) is 13.3. The second-order valence-corrected chi connectivity index (χ2v) is 5.56. The number of alkyl halides is 3. The Morgan fingerprint density at radius 3 is 2.48 bits per heavy atom. The monoisotopic (exact) mass is 352 g/mol. The molecule has 1 amide bonds. The first-order valence-corrected chi connectivity index (χ1v) is 7.50. The number of amides is 1. The van der Waals surface area contributed by atoms with Gasteiger partial charge in [0.15, 0.2) is 0 Å². The summed E-state index contributed by atoms with van der Waals surface area (Å²) in [5, 5.41) is 0. The largest absolute Gasteiger partial charge is 0.497 e. The van der Waals surface area contributed by atoms with Gasteiger partial charge in [-0.25, -0.2) is 4.98 Å². The van der Waals surface area contributed by atoms with E-state index in [2.05, 4.69) is 4.98 Å². The van der Waals surface area contributed by atoms with Crippen LogP contribution >= 0.6 is 0 Å². The van der Waals surface area contributed by atoms with Crippen LogP contribution in [0.5, 0.6) is 11.6 Å². The first-order valence-electron chi connectivity index (χ1n) is 7.50. The van der Waals surface area contributed by atoms with Gasteiger partial charge in [0.1, 0.15) is 11.9 Å². The minimum atomic E-state index is -4.45. The van der Waals surface area contributed by atoms with E-state index in [0.717, 1.165) is 18.3 Å². The lowest BCUT2D eigenvalue weighted by atomic mass is 10.1. The molecule has 0 radical (unpaired) electrons. The van der Waals surface area contributed by atoms with Gasteiger partial charge >= 0.3 is 6.18 Å². The Labute approximate surface area is 142 Å². The van der Waals surface area contributed by atoms with E-state index in [1.165, 1.54) is 7.11 Å². The fourth-order valence-electron chi connectivity index (χ4n) is 2.42. The molecule has 2 aromatic rings. The summed E-state index contributed by atoms with van der Waals surface area (Å²) in [6.45, 7) is 0.589. The lowest BCUT2D eigenvalue weighted by Crippen LogP contribution is -2.56. The van der Waals surface area contributed by atoms with Gasteiger partial charge in [-0.05, 0) is 30.3 Å². The standard InChI is InChI=1S/C17H15F3N2O3/c1-24-13-4-2-11(3-5-13)16(23)22-9-14(10-22)25-15-8-12(6-7-21-15)17(18,19)20/h2-8,14H,9-10H2,1H3. The molecule has 0 unspecified atom stereocenters. The van der Waals surface area contributed by atoms with Crippen LogP contribution in [-0.2, 0) is 6.18 Å². The van der Waals surface area contributed by atoms with E-state index in [0.29, 0.717) is 24.4 Å². The van der Waals surface area contributed by atoms with Gasteiger partial charge in [0.25, 0.3) is 5.91 Å². The Kier molecular flexibility index (Phi) is 4.52.